The molecule has 182 valence electrons. The van der Waals surface area contributed by atoms with Crippen molar-refractivity contribution < 1.29 is 31.9 Å². The van der Waals surface area contributed by atoms with Gasteiger partial charge in [-0.15, -0.1) is 0 Å². The van der Waals surface area contributed by atoms with Gasteiger partial charge in [0.25, 0.3) is 0 Å². The van der Waals surface area contributed by atoms with Crippen molar-refractivity contribution >= 4 is 17.8 Å². The fraction of sp³-hybridized carbons (Fsp3) is 0.348. The monoisotopic (exact) mass is 480 g/mol. The molecule has 11 heteroatoms. The molecule has 0 aliphatic carbocycles. The van der Waals surface area contributed by atoms with Crippen molar-refractivity contribution in [3.8, 4) is 0 Å². The van der Waals surface area contributed by atoms with Gasteiger partial charge in [-0.3, -0.25) is 9.59 Å². The van der Waals surface area contributed by atoms with Crippen LogP contribution in [0.25, 0.3) is 0 Å². The van der Waals surface area contributed by atoms with E-state index in [2.05, 4.69) is 16.0 Å². The van der Waals surface area contributed by atoms with Gasteiger partial charge in [0.05, 0.1) is 18.2 Å². The van der Waals surface area contributed by atoms with Gasteiger partial charge >= 0.3 is 12.2 Å². The van der Waals surface area contributed by atoms with Crippen molar-refractivity contribution in [2.45, 2.75) is 31.6 Å². The molecule has 1 atom stereocenters. The molecule has 3 rings (SSSR count). The molecular formula is C23H24F4N4O3. The number of likely N-dealkylation sites (tertiary alicyclic amines) is 1. The predicted octanol–water partition coefficient (Wildman–Crippen LogP) is 3.12. The summed E-state index contributed by atoms with van der Waals surface area (Å²) in [7, 11) is 0. The first-order valence-corrected chi connectivity index (χ1v) is 10.6. The first-order valence-electron chi connectivity index (χ1n) is 10.6. The van der Waals surface area contributed by atoms with E-state index in [9.17, 15) is 31.9 Å². The van der Waals surface area contributed by atoms with Crippen molar-refractivity contribution in [1.82, 2.24) is 20.9 Å². The Balaban J connectivity index is 1.60. The number of urea groups is 1. The van der Waals surface area contributed by atoms with Crippen LogP contribution in [0, 0.1) is 5.82 Å². The van der Waals surface area contributed by atoms with Crippen molar-refractivity contribution in [3.63, 3.8) is 0 Å². The molecular weight excluding hydrogens is 456 g/mol. The van der Waals surface area contributed by atoms with Gasteiger partial charge in [0, 0.05) is 26.1 Å². The van der Waals surface area contributed by atoms with E-state index in [4.69, 9.17) is 0 Å². The number of carbonyl (C=O) groups is 3. The maximum atomic E-state index is 13.2. The Bertz CT molecular complexity index is 1030. The molecule has 0 radical (unpaired) electrons. The van der Waals surface area contributed by atoms with Crippen LogP contribution in [0.5, 0.6) is 0 Å². The summed E-state index contributed by atoms with van der Waals surface area (Å²) < 4.78 is 52.4. The van der Waals surface area contributed by atoms with Gasteiger partial charge in [-0.1, -0.05) is 24.3 Å². The zero-order chi connectivity index (χ0) is 24.7. The van der Waals surface area contributed by atoms with Crippen molar-refractivity contribution in [2.24, 2.45) is 0 Å². The highest BCUT2D eigenvalue weighted by atomic mass is 19.4. The van der Waals surface area contributed by atoms with E-state index in [0.29, 0.717) is 24.9 Å². The summed E-state index contributed by atoms with van der Waals surface area (Å²) in [5.41, 5.74) is -0.0141. The molecule has 3 N–H and O–H groups in total. The average molecular weight is 480 g/mol. The molecule has 0 bridgehead atoms. The Morgan fingerprint density at radius 3 is 2.44 bits per heavy atom. The van der Waals surface area contributed by atoms with E-state index >= 15 is 0 Å². The summed E-state index contributed by atoms with van der Waals surface area (Å²) >= 11 is 0. The average Bonchev–Trinajstić information content (AvgIpc) is 3.20. The molecule has 4 amide bonds. The second-order valence-electron chi connectivity index (χ2n) is 7.85. The number of hydrogen-bond acceptors (Lipinski definition) is 3. The van der Waals surface area contributed by atoms with Crippen molar-refractivity contribution in [2.75, 3.05) is 19.6 Å². The summed E-state index contributed by atoms with van der Waals surface area (Å²) in [6, 6.07) is 8.52. The molecule has 7 nitrogen and oxygen atoms in total. The zero-order valence-electron chi connectivity index (χ0n) is 18.1. The molecule has 34 heavy (non-hydrogen) atoms. The van der Waals surface area contributed by atoms with Crippen LogP contribution < -0.4 is 16.0 Å². The Morgan fingerprint density at radius 1 is 1.06 bits per heavy atom. The number of nitrogens with zero attached hydrogens (tertiary/aromatic N) is 1. The summed E-state index contributed by atoms with van der Waals surface area (Å²) in [6.45, 7) is 0.146. The quantitative estimate of drug-likeness (QED) is 0.507. The van der Waals surface area contributed by atoms with Gasteiger partial charge in [0.1, 0.15) is 5.82 Å². The Kier molecular flexibility index (Phi) is 8.08. The normalized spacial score (nSPS) is 14.6. The third kappa shape index (κ3) is 7.19. The number of carbonyl (C=O) groups excluding carboxylic acids is 3. The molecule has 1 fully saturated rings. The summed E-state index contributed by atoms with van der Waals surface area (Å²) in [5.74, 6) is -1.17. The highest BCUT2D eigenvalue weighted by molar-refractivity contribution is 5.84. The lowest BCUT2D eigenvalue weighted by Gasteiger charge is -2.26. The van der Waals surface area contributed by atoms with Crippen molar-refractivity contribution in [3.05, 3.63) is 71.0 Å². The number of hydrogen-bond donors (Lipinski definition) is 3. The van der Waals surface area contributed by atoms with Gasteiger partial charge in [0.15, 0.2) is 0 Å². The predicted molar refractivity (Wildman–Crippen MR) is 115 cm³/mol. The lowest BCUT2D eigenvalue weighted by molar-refractivity contribution is -0.137. The van der Waals surface area contributed by atoms with Gasteiger partial charge in [0.2, 0.25) is 11.8 Å². The maximum absolute atomic E-state index is 13.2. The zero-order valence-corrected chi connectivity index (χ0v) is 18.1. The Morgan fingerprint density at radius 2 is 1.79 bits per heavy atom. The fourth-order valence-electron chi connectivity index (χ4n) is 3.54. The van der Waals surface area contributed by atoms with Crippen LogP contribution >= 0.6 is 0 Å². The van der Waals surface area contributed by atoms with Crippen LogP contribution in [-0.2, 0) is 22.3 Å². The minimum Gasteiger partial charge on any atom is -0.346 e. The van der Waals surface area contributed by atoms with E-state index in [1.54, 1.807) is 0 Å². The van der Waals surface area contributed by atoms with Gasteiger partial charge in [-0.05, 0) is 41.8 Å². The lowest BCUT2D eigenvalue weighted by atomic mass is 10.0. The number of benzene rings is 2. The summed E-state index contributed by atoms with van der Waals surface area (Å²) in [4.78, 5) is 37.9. The van der Waals surface area contributed by atoms with Crippen LogP contribution in [0.4, 0.5) is 22.4 Å². The molecule has 0 spiro atoms. The molecule has 2 aromatic rings. The van der Waals surface area contributed by atoms with Gasteiger partial charge in [-0.25, -0.2) is 9.18 Å². The number of halogens is 4. The summed E-state index contributed by atoms with van der Waals surface area (Å²) in [6.07, 6.45) is -3.57. The fourth-order valence-corrected chi connectivity index (χ4v) is 3.54. The molecule has 1 aliphatic heterocycles. The second kappa shape index (κ2) is 11.0. The highest BCUT2D eigenvalue weighted by Crippen LogP contribution is 2.31. The van der Waals surface area contributed by atoms with Crippen LogP contribution in [0.1, 0.15) is 35.6 Å². The van der Waals surface area contributed by atoms with Crippen LogP contribution in [0.15, 0.2) is 48.5 Å². The Hall–Kier alpha value is -3.63. The van der Waals surface area contributed by atoms with Gasteiger partial charge in [-0.2, -0.15) is 13.2 Å². The third-order valence-corrected chi connectivity index (χ3v) is 5.30. The van der Waals surface area contributed by atoms with Crippen LogP contribution in [0.2, 0.25) is 0 Å². The maximum Gasteiger partial charge on any atom is 0.416 e. The molecule has 1 unspecified atom stereocenters. The minimum absolute atomic E-state index is 0.0165. The molecule has 0 aromatic heterocycles. The van der Waals surface area contributed by atoms with E-state index in [0.717, 1.165) is 12.1 Å². The first kappa shape index (κ1) is 25.0. The third-order valence-electron chi connectivity index (χ3n) is 5.30. The van der Waals surface area contributed by atoms with Crippen LogP contribution in [-0.4, -0.2) is 42.4 Å². The lowest BCUT2D eigenvalue weighted by Crippen LogP contribution is -2.45. The SMILES string of the molecule is O=C(CNC(=O)NCc1ccc(F)cc1)NC(CN1CCCC1=O)c1cccc(C(F)(F)F)c1. The minimum atomic E-state index is -4.56. The molecule has 0 saturated carbocycles. The Labute approximate surface area is 193 Å². The number of rotatable bonds is 8. The first-order chi connectivity index (χ1) is 16.1. The van der Waals surface area contributed by atoms with E-state index in [1.807, 2.05) is 0 Å². The largest absolute Gasteiger partial charge is 0.416 e. The highest BCUT2D eigenvalue weighted by Gasteiger charge is 2.32. The molecule has 1 aliphatic rings. The number of alkyl halides is 3. The smallest absolute Gasteiger partial charge is 0.346 e. The van der Waals surface area contributed by atoms with Gasteiger partial charge < -0.3 is 20.9 Å². The van der Waals surface area contributed by atoms with E-state index in [1.165, 1.54) is 41.3 Å². The van der Waals surface area contributed by atoms with E-state index < -0.39 is 42.1 Å². The topological polar surface area (TPSA) is 90.5 Å². The molecule has 2 aromatic carbocycles. The van der Waals surface area contributed by atoms with E-state index in [-0.39, 0.29) is 24.6 Å². The number of amides is 4. The summed E-state index contributed by atoms with van der Waals surface area (Å²) in [5, 5.41) is 7.49. The second-order valence-corrected chi connectivity index (χ2v) is 7.85. The molecule has 1 saturated heterocycles. The van der Waals surface area contributed by atoms with Crippen LogP contribution in [0.3, 0.4) is 0 Å². The molecule has 1 heterocycles. The standard InChI is InChI=1S/C23H24F4N4O3/c24-18-8-6-15(7-9-18)12-28-22(34)29-13-20(32)30-19(14-31-10-2-5-21(31)33)16-3-1-4-17(11-16)23(25,26)27/h1,3-4,6-9,11,19H,2,5,10,12-14H2,(H,30,32)(H2,28,29,34). The van der Waals surface area contributed by atoms with Crippen molar-refractivity contribution in [1.29, 1.82) is 0 Å². The number of nitrogens with one attached hydrogen (secondary N) is 3.